The summed E-state index contributed by atoms with van der Waals surface area (Å²) in [6, 6.07) is 0. The van der Waals surface area contributed by atoms with Gasteiger partial charge in [-0.2, -0.15) is 0 Å². The quantitative estimate of drug-likeness (QED) is 0.581. The molecule has 1 fully saturated rings. The van der Waals surface area contributed by atoms with Gasteiger partial charge in [-0.3, -0.25) is 0 Å². The van der Waals surface area contributed by atoms with Crippen LogP contribution in [0.4, 0.5) is 0 Å². The zero-order valence-electron chi connectivity index (χ0n) is 11.1. The minimum Gasteiger partial charge on any atom is -0.120 e. The molecule has 1 rings (SSSR count). The molecule has 0 heteroatoms. The first-order valence-corrected chi connectivity index (χ1v) is 6.34. The second-order valence-electron chi connectivity index (χ2n) is 6.18. The summed E-state index contributed by atoms with van der Waals surface area (Å²) in [5.41, 5.74) is 0.738. The Morgan fingerprint density at radius 1 is 1.40 bits per heavy atom. The van der Waals surface area contributed by atoms with Gasteiger partial charge >= 0.3 is 0 Å². The molecule has 0 aromatic rings. The van der Waals surface area contributed by atoms with E-state index in [0.717, 1.165) is 18.3 Å². The van der Waals surface area contributed by atoms with Crippen LogP contribution in [-0.4, -0.2) is 0 Å². The van der Waals surface area contributed by atoms with Gasteiger partial charge in [-0.15, -0.1) is 12.3 Å². The molecular formula is C15H26. The summed E-state index contributed by atoms with van der Waals surface area (Å²) in [6.45, 7) is 11.6. The summed E-state index contributed by atoms with van der Waals surface area (Å²) in [6.07, 6.45) is 10.7. The lowest BCUT2D eigenvalue weighted by molar-refractivity contribution is 0.198. The highest BCUT2D eigenvalue weighted by atomic mass is 14.5. The van der Waals surface area contributed by atoms with Crippen LogP contribution >= 0.6 is 0 Å². The molecular weight excluding hydrogens is 180 g/mol. The highest BCUT2D eigenvalue weighted by molar-refractivity contribution is 5.04. The van der Waals surface area contributed by atoms with Gasteiger partial charge in [0, 0.05) is 5.41 Å². The maximum atomic E-state index is 5.64. The molecule has 1 aliphatic carbocycles. The van der Waals surface area contributed by atoms with E-state index in [0.29, 0.717) is 5.41 Å². The Kier molecular flexibility index (Phi) is 3.54. The summed E-state index contributed by atoms with van der Waals surface area (Å²) >= 11 is 0. The van der Waals surface area contributed by atoms with Crippen molar-refractivity contribution < 1.29 is 0 Å². The van der Waals surface area contributed by atoms with Gasteiger partial charge < -0.3 is 0 Å². The Labute approximate surface area is 95.8 Å². The monoisotopic (exact) mass is 206 g/mol. The highest BCUT2D eigenvalue weighted by Crippen LogP contribution is 2.55. The van der Waals surface area contributed by atoms with E-state index in [1.54, 1.807) is 0 Å². The second-order valence-corrected chi connectivity index (χ2v) is 6.18. The van der Waals surface area contributed by atoms with E-state index in [-0.39, 0.29) is 5.41 Å². The third kappa shape index (κ3) is 2.77. The Morgan fingerprint density at radius 3 is 2.27 bits per heavy atom. The van der Waals surface area contributed by atoms with Crippen molar-refractivity contribution in [1.29, 1.82) is 0 Å². The molecule has 0 saturated heterocycles. The van der Waals surface area contributed by atoms with Gasteiger partial charge in [-0.05, 0) is 49.9 Å². The van der Waals surface area contributed by atoms with E-state index < -0.39 is 0 Å². The topological polar surface area (TPSA) is 0 Å². The van der Waals surface area contributed by atoms with E-state index in [1.165, 1.54) is 19.3 Å². The van der Waals surface area contributed by atoms with Crippen LogP contribution in [0.15, 0.2) is 0 Å². The van der Waals surface area contributed by atoms with E-state index in [2.05, 4.69) is 40.5 Å². The Bertz CT molecular complexity index is 254. The molecule has 86 valence electrons. The Morgan fingerprint density at radius 2 is 1.93 bits per heavy atom. The molecule has 0 aliphatic heterocycles. The first-order chi connectivity index (χ1) is 6.87. The van der Waals surface area contributed by atoms with Gasteiger partial charge in [-0.25, -0.2) is 0 Å². The maximum absolute atomic E-state index is 5.64. The van der Waals surface area contributed by atoms with Gasteiger partial charge in [0.25, 0.3) is 0 Å². The number of terminal acetylenes is 1. The van der Waals surface area contributed by atoms with Gasteiger partial charge in [0.1, 0.15) is 0 Å². The minimum atomic E-state index is 0.110. The largest absolute Gasteiger partial charge is 0.120 e. The molecule has 0 N–H and O–H groups in total. The van der Waals surface area contributed by atoms with Crippen molar-refractivity contribution >= 4 is 0 Å². The molecule has 0 heterocycles. The SMILES string of the molecule is C#CC(C)(CC)CC(C)C(C)C1(C)CC1. The van der Waals surface area contributed by atoms with E-state index >= 15 is 0 Å². The average molecular weight is 206 g/mol. The third-order valence-corrected chi connectivity index (χ3v) is 4.89. The van der Waals surface area contributed by atoms with Crippen LogP contribution in [0.5, 0.6) is 0 Å². The molecule has 1 saturated carbocycles. The van der Waals surface area contributed by atoms with Gasteiger partial charge in [0.2, 0.25) is 0 Å². The van der Waals surface area contributed by atoms with Gasteiger partial charge in [0.15, 0.2) is 0 Å². The molecule has 3 unspecified atom stereocenters. The Hall–Kier alpha value is -0.440. The first-order valence-electron chi connectivity index (χ1n) is 6.34. The third-order valence-electron chi connectivity index (χ3n) is 4.89. The molecule has 3 atom stereocenters. The van der Waals surface area contributed by atoms with Gasteiger partial charge in [-0.1, -0.05) is 27.7 Å². The van der Waals surface area contributed by atoms with Crippen molar-refractivity contribution in [2.75, 3.05) is 0 Å². The summed E-state index contributed by atoms with van der Waals surface area (Å²) in [5, 5.41) is 0. The molecule has 0 aromatic carbocycles. The predicted octanol–water partition coefficient (Wildman–Crippen LogP) is 4.50. The summed E-state index contributed by atoms with van der Waals surface area (Å²) in [4.78, 5) is 0. The van der Waals surface area contributed by atoms with Gasteiger partial charge in [0.05, 0.1) is 0 Å². The van der Waals surface area contributed by atoms with Crippen molar-refractivity contribution in [1.82, 2.24) is 0 Å². The van der Waals surface area contributed by atoms with Crippen LogP contribution in [0.2, 0.25) is 0 Å². The fraction of sp³-hybridized carbons (Fsp3) is 0.867. The predicted molar refractivity (Wildman–Crippen MR) is 67.5 cm³/mol. The molecule has 0 bridgehead atoms. The zero-order chi connectivity index (χ0) is 11.7. The lowest BCUT2D eigenvalue weighted by Gasteiger charge is -2.32. The molecule has 0 nitrogen and oxygen atoms in total. The molecule has 0 aromatic heterocycles. The van der Waals surface area contributed by atoms with Crippen molar-refractivity contribution in [3.63, 3.8) is 0 Å². The normalized spacial score (nSPS) is 26.1. The second kappa shape index (κ2) is 4.20. The standard InChI is InChI=1S/C15H26/c1-7-14(5,8-2)11-12(3)13(4)15(6)9-10-15/h1,12-13H,8-11H2,2-6H3. The van der Waals surface area contributed by atoms with Crippen molar-refractivity contribution in [2.24, 2.45) is 22.7 Å². The van der Waals surface area contributed by atoms with Crippen molar-refractivity contribution in [3.05, 3.63) is 0 Å². The molecule has 15 heavy (non-hydrogen) atoms. The molecule has 0 spiro atoms. The van der Waals surface area contributed by atoms with Crippen LogP contribution < -0.4 is 0 Å². The van der Waals surface area contributed by atoms with Crippen LogP contribution in [-0.2, 0) is 0 Å². The van der Waals surface area contributed by atoms with E-state index in [9.17, 15) is 0 Å². The summed E-state index contributed by atoms with van der Waals surface area (Å²) < 4.78 is 0. The number of hydrogen-bond acceptors (Lipinski definition) is 0. The van der Waals surface area contributed by atoms with Crippen LogP contribution in [0.25, 0.3) is 0 Å². The molecule has 0 radical (unpaired) electrons. The molecule has 1 aliphatic rings. The average Bonchev–Trinajstić information content (AvgIpc) is 2.96. The van der Waals surface area contributed by atoms with E-state index in [1.807, 2.05) is 0 Å². The summed E-state index contributed by atoms with van der Waals surface area (Å²) in [5.74, 6) is 4.55. The minimum absolute atomic E-state index is 0.110. The fourth-order valence-electron chi connectivity index (χ4n) is 2.53. The first kappa shape index (κ1) is 12.6. The van der Waals surface area contributed by atoms with Crippen molar-refractivity contribution in [3.8, 4) is 12.3 Å². The highest BCUT2D eigenvalue weighted by Gasteiger charge is 2.45. The molecule has 0 amide bonds. The van der Waals surface area contributed by atoms with Crippen molar-refractivity contribution in [2.45, 2.75) is 60.3 Å². The zero-order valence-corrected chi connectivity index (χ0v) is 11.1. The van der Waals surface area contributed by atoms with E-state index in [4.69, 9.17) is 6.42 Å². The number of rotatable bonds is 5. The fourth-order valence-corrected chi connectivity index (χ4v) is 2.53. The Balaban J connectivity index is 2.55. The maximum Gasteiger partial charge on any atom is 0.0284 e. The lowest BCUT2D eigenvalue weighted by atomic mass is 9.72. The smallest absolute Gasteiger partial charge is 0.0284 e. The summed E-state index contributed by atoms with van der Waals surface area (Å²) in [7, 11) is 0. The number of hydrogen-bond donors (Lipinski definition) is 0. The van der Waals surface area contributed by atoms with Crippen LogP contribution in [0, 0.1) is 35.0 Å². The van der Waals surface area contributed by atoms with Crippen LogP contribution in [0.1, 0.15) is 60.3 Å². The van der Waals surface area contributed by atoms with Crippen LogP contribution in [0.3, 0.4) is 0 Å². The lowest BCUT2D eigenvalue weighted by Crippen LogP contribution is -2.24.